The molecule has 29 heavy (non-hydrogen) atoms. The number of benzene rings is 1. The summed E-state index contributed by atoms with van der Waals surface area (Å²) in [6.07, 6.45) is 3.56. The summed E-state index contributed by atoms with van der Waals surface area (Å²) in [7, 11) is 3.24. The topological polar surface area (TPSA) is 76.8 Å². The van der Waals surface area contributed by atoms with Crippen molar-refractivity contribution in [3.63, 3.8) is 0 Å². The first-order valence-corrected chi connectivity index (χ1v) is 9.61. The van der Waals surface area contributed by atoms with Crippen LogP contribution in [-0.4, -0.2) is 60.3 Å². The Morgan fingerprint density at radius 1 is 1.00 bits per heavy atom. The zero-order valence-corrected chi connectivity index (χ0v) is 17.0. The normalized spacial score (nSPS) is 14.8. The minimum atomic E-state index is 0.592. The van der Waals surface area contributed by atoms with E-state index in [9.17, 15) is 0 Å². The summed E-state index contributed by atoms with van der Waals surface area (Å²) >= 11 is 0. The predicted molar refractivity (Wildman–Crippen MR) is 109 cm³/mol. The lowest BCUT2D eigenvalue weighted by Gasteiger charge is -2.34. The third kappa shape index (κ3) is 4.17. The van der Waals surface area contributed by atoms with Gasteiger partial charge in [0.25, 0.3) is 0 Å². The zero-order chi connectivity index (χ0) is 20.2. The Labute approximate surface area is 170 Å². The van der Waals surface area contributed by atoms with Crippen LogP contribution in [0.15, 0.2) is 41.1 Å². The molecule has 1 fully saturated rings. The van der Waals surface area contributed by atoms with Crippen LogP contribution in [0.3, 0.4) is 0 Å². The minimum absolute atomic E-state index is 0.592. The van der Waals surface area contributed by atoms with Gasteiger partial charge in [-0.25, -0.2) is 15.0 Å². The highest BCUT2D eigenvalue weighted by atomic mass is 16.5. The van der Waals surface area contributed by atoms with Gasteiger partial charge in [-0.3, -0.25) is 4.90 Å². The fourth-order valence-corrected chi connectivity index (χ4v) is 3.44. The van der Waals surface area contributed by atoms with Gasteiger partial charge in [-0.15, -0.1) is 0 Å². The Morgan fingerprint density at radius 2 is 1.72 bits per heavy atom. The van der Waals surface area contributed by atoms with Gasteiger partial charge in [0.05, 0.1) is 19.9 Å². The van der Waals surface area contributed by atoms with Crippen molar-refractivity contribution < 1.29 is 13.9 Å². The lowest BCUT2D eigenvalue weighted by atomic mass is 10.2. The van der Waals surface area contributed by atoms with Crippen molar-refractivity contribution in [3.8, 4) is 23.0 Å². The van der Waals surface area contributed by atoms with Crippen LogP contribution in [0.25, 0.3) is 11.5 Å². The van der Waals surface area contributed by atoms with Crippen molar-refractivity contribution in [1.29, 1.82) is 0 Å². The van der Waals surface area contributed by atoms with Crippen LogP contribution < -0.4 is 14.4 Å². The van der Waals surface area contributed by atoms with E-state index in [2.05, 4.69) is 19.8 Å². The first-order chi connectivity index (χ1) is 14.2. The fraction of sp³-hybridized carbons (Fsp3) is 0.381. The molecule has 1 aliphatic heterocycles. The van der Waals surface area contributed by atoms with Gasteiger partial charge >= 0.3 is 0 Å². The molecule has 0 saturated carbocycles. The predicted octanol–water partition coefficient (Wildman–Crippen LogP) is 2.78. The third-order valence-corrected chi connectivity index (χ3v) is 5.10. The molecule has 0 aliphatic carbocycles. The van der Waals surface area contributed by atoms with Gasteiger partial charge in [0.1, 0.15) is 5.76 Å². The van der Waals surface area contributed by atoms with E-state index in [0.717, 1.165) is 55.7 Å². The Kier molecular flexibility index (Phi) is 5.62. The number of methoxy groups -OCH3 is 2. The molecule has 8 nitrogen and oxygen atoms in total. The van der Waals surface area contributed by atoms with E-state index < -0.39 is 0 Å². The Bertz CT molecular complexity index is 952. The summed E-state index contributed by atoms with van der Waals surface area (Å²) in [6.45, 7) is 6.35. The Balaban J connectivity index is 1.43. The number of nitrogens with zero attached hydrogens (tertiary/aromatic N) is 5. The van der Waals surface area contributed by atoms with Gasteiger partial charge in [0, 0.05) is 50.7 Å². The lowest BCUT2D eigenvalue weighted by molar-refractivity contribution is 0.245. The van der Waals surface area contributed by atoms with E-state index in [1.54, 1.807) is 26.6 Å². The molecule has 0 unspecified atom stereocenters. The second kappa shape index (κ2) is 8.48. The summed E-state index contributed by atoms with van der Waals surface area (Å²) in [6, 6.07) is 7.50. The van der Waals surface area contributed by atoms with Crippen LogP contribution in [0, 0.1) is 6.92 Å². The van der Waals surface area contributed by atoms with E-state index in [-0.39, 0.29) is 0 Å². The summed E-state index contributed by atoms with van der Waals surface area (Å²) in [4.78, 5) is 18.0. The molecular weight excluding hydrogens is 370 g/mol. The van der Waals surface area contributed by atoms with Crippen molar-refractivity contribution in [2.45, 2.75) is 13.5 Å². The van der Waals surface area contributed by atoms with Crippen LogP contribution in [0.2, 0.25) is 0 Å². The average Bonchev–Trinajstić information content (AvgIpc) is 3.14. The molecule has 3 heterocycles. The van der Waals surface area contributed by atoms with Gasteiger partial charge in [-0.1, -0.05) is 0 Å². The highest BCUT2D eigenvalue weighted by Gasteiger charge is 2.21. The number of hydrogen-bond donors (Lipinski definition) is 0. The minimum Gasteiger partial charge on any atom is -0.493 e. The smallest absolute Gasteiger partial charge is 0.226 e. The summed E-state index contributed by atoms with van der Waals surface area (Å²) in [5, 5.41) is 0. The van der Waals surface area contributed by atoms with Gasteiger partial charge in [-0.2, -0.15) is 0 Å². The van der Waals surface area contributed by atoms with Crippen LogP contribution in [0.5, 0.6) is 11.5 Å². The molecule has 1 aromatic carbocycles. The fourth-order valence-electron chi connectivity index (χ4n) is 3.44. The molecule has 1 saturated heterocycles. The van der Waals surface area contributed by atoms with Crippen molar-refractivity contribution in [1.82, 2.24) is 19.9 Å². The monoisotopic (exact) mass is 395 g/mol. The second-order valence-electron chi connectivity index (χ2n) is 6.90. The standard InChI is InChI=1S/C21H25N5O3/c1-15-17(14-25-9-11-26(12-10-25)21-22-7-4-8-23-21)24-20(29-15)16-5-6-18(27-2)19(13-16)28-3/h4-8,13H,9-12,14H2,1-3H3. The second-order valence-corrected chi connectivity index (χ2v) is 6.90. The van der Waals surface area contributed by atoms with E-state index >= 15 is 0 Å². The van der Waals surface area contributed by atoms with E-state index in [1.165, 1.54) is 0 Å². The molecule has 2 aromatic heterocycles. The first kappa shape index (κ1) is 19.2. The maximum Gasteiger partial charge on any atom is 0.226 e. The molecule has 8 heteroatoms. The largest absolute Gasteiger partial charge is 0.493 e. The van der Waals surface area contributed by atoms with Gasteiger partial charge in [0.15, 0.2) is 11.5 Å². The van der Waals surface area contributed by atoms with Crippen LogP contribution in [0.1, 0.15) is 11.5 Å². The van der Waals surface area contributed by atoms with Crippen molar-refractivity contribution in [3.05, 3.63) is 48.1 Å². The van der Waals surface area contributed by atoms with Crippen molar-refractivity contribution in [2.24, 2.45) is 0 Å². The summed E-state index contributed by atoms with van der Waals surface area (Å²) in [5.41, 5.74) is 1.82. The SMILES string of the molecule is COc1ccc(-c2nc(CN3CCN(c4ncccn4)CC3)c(C)o2)cc1OC. The number of hydrogen-bond acceptors (Lipinski definition) is 8. The first-order valence-electron chi connectivity index (χ1n) is 9.61. The molecule has 0 radical (unpaired) electrons. The molecule has 0 bridgehead atoms. The summed E-state index contributed by atoms with van der Waals surface area (Å²) in [5.74, 6) is 3.56. The van der Waals surface area contributed by atoms with E-state index in [0.29, 0.717) is 17.4 Å². The number of ether oxygens (including phenoxy) is 2. The number of oxazole rings is 1. The third-order valence-electron chi connectivity index (χ3n) is 5.10. The highest BCUT2D eigenvalue weighted by Crippen LogP contribution is 2.32. The Hall–Kier alpha value is -3.13. The molecule has 1 aliphatic rings. The number of aromatic nitrogens is 3. The molecule has 0 N–H and O–H groups in total. The van der Waals surface area contributed by atoms with Gasteiger partial charge < -0.3 is 18.8 Å². The zero-order valence-electron chi connectivity index (χ0n) is 17.0. The molecule has 0 spiro atoms. The number of aryl methyl sites for hydroxylation is 1. The molecule has 152 valence electrons. The van der Waals surface area contributed by atoms with Crippen LogP contribution in [-0.2, 0) is 6.54 Å². The molecule has 0 amide bonds. The molecule has 0 atom stereocenters. The molecule has 3 aromatic rings. The number of anilines is 1. The van der Waals surface area contributed by atoms with Gasteiger partial charge in [0.2, 0.25) is 11.8 Å². The average molecular weight is 395 g/mol. The maximum absolute atomic E-state index is 5.94. The van der Waals surface area contributed by atoms with E-state index in [4.69, 9.17) is 18.9 Å². The van der Waals surface area contributed by atoms with Crippen molar-refractivity contribution in [2.75, 3.05) is 45.3 Å². The highest BCUT2D eigenvalue weighted by molar-refractivity contribution is 5.60. The summed E-state index contributed by atoms with van der Waals surface area (Å²) < 4.78 is 16.6. The van der Waals surface area contributed by atoms with E-state index in [1.807, 2.05) is 31.2 Å². The molecule has 4 rings (SSSR count). The number of piperazine rings is 1. The van der Waals surface area contributed by atoms with Crippen LogP contribution >= 0.6 is 0 Å². The number of rotatable bonds is 6. The molecular formula is C21H25N5O3. The quantitative estimate of drug-likeness (QED) is 0.631. The Morgan fingerprint density at radius 3 is 2.41 bits per heavy atom. The lowest BCUT2D eigenvalue weighted by Crippen LogP contribution is -2.46. The van der Waals surface area contributed by atoms with Crippen LogP contribution in [0.4, 0.5) is 5.95 Å². The maximum atomic E-state index is 5.94. The van der Waals surface area contributed by atoms with Crippen molar-refractivity contribution >= 4 is 5.95 Å². The van der Waals surface area contributed by atoms with Gasteiger partial charge in [-0.05, 0) is 31.2 Å².